The number of nitrogens with zero attached hydrogens (tertiary/aromatic N) is 5. The predicted molar refractivity (Wildman–Crippen MR) is 139 cm³/mol. The van der Waals surface area contributed by atoms with Crippen molar-refractivity contribution in [1.29, 1.82) is 0 Å². The minimum atomic E-state index is -0.716. The van der Waals surface area contributed by atoms with E-state index in [-0.39, 0.29) is 17.7 Å². The molecular formula is C29H36FN5O2. The van der Waals surface area contributed by atoms with Gasteiger partial charge < -0.3 is 10.0 Å². The third-order valence-electron chi connectivity index (χ3n) is 9.04. The van der Waals surface area contributed by atoms with Gasteiger partial charge in [0.15, 0.2) is 5.65 Å². The minimum Gasteiger partial charge on any atom is -0.480 e. The van der Waals surface area contributed by atoms with Gasteiger partial charge in [-0.25, -0.2) is 4.39 Å². The zero-order chi connectivity index (χ0) is 25.4. The highest BCUT2D eigenvalue weighted by Crippen LogP contribution is 2.39. The lowest BCUT2D eigenvalue weighted by atomic mass is 9.80. The fourth-order valence-corrected chi connectivity index (χ4v) is 6.75. The Hall–Kier alpha value is -2.84. The number of hydrogen-bond acceptors (Lipinski definition) is 5. The molecule has 3 atom stereocenters. The normalized spacial score (nSPS) is 24.9. The molecular weight excluding hydrogens is 469 g/mol. The molecule has 0 amide bonds. The summed E-state index contributed by atoms with van der Waals surface area (Å²) < 4.78 is 16.3. The maximum absolute atomic E-state index is 14.2. The van der Waals surface area contributed by atoms with Gasteiger partial charge in [-0.3, -0.25) is 14.1 Å². The van der Waals surface area contributed by atoms with Gasteiger partial charge in [0.1, 0.15) is 17.7 Å². The van der Waals surface area contributed by atoms with Gasteiger partial charge in [0.2, 0.25) is 0 Å². The lowest BCUT2D eigenvalue weighted by Gasteiger charge is -2.34. The van der Waals surface area contributed by atoms with Crippen LogP contribution < -0.4 is 0 Å². The summed E-state index contributed by atoms with van der Waals surface area (Å²) in [4.78, 5) is 17.0. The van der Waals surface area contributed by atoms with E-state index >= 15 is 0 Å². The molecule has 1 N–H and O–H groups in total. The van der Waals surface area contributed by atoms with Crippen LogP contribution in [0.1, 0.15) is 61.7 Å². The maximum Gasteiger partial charge on any atom is 0.320 e. The predicted octanol–water partition coefficient (Wildman–Crippen LogP) is 4.41. The lowest BCUT2D eigenvalue weighted by molar-refractivity contribution is -0.144. The third-order valence-corrected chi connectivity index (χ3v) is 9.04. The number of halogens is 1. The van der Waals surface area contributed by atoms with Crippen LogP contribution >= 0.6 is 0 Å². The smallest absolute Gasteiger partial charge is 0.320 e. The first-order valence-corrected chi connectivity index (χ1v) is 13.8. The Bertz CT molecular complexity index is 1240. The van der Waals surface area contributed by atoms with E-state index in [1.165, 1.54) is 12.5 Å². The molecule has 1 aromatic carbocycles. The van der Waals surface area contributed by atoms with Crippen LogP contribution in [0.25, 0.3) is 5.65 Å². The molecule has 196 valence electrons. The monoisotopic (exact) mass is 505 g/mol. The minimum absolute atomic E-state index is 0.136. The van der Waals surface area contributed by atoms with Gasteiger partial charge in [-0.15, -0.1) is 10.2 Å². The number of hydrogen-bond donors (Lipinski definition) is 1. The molecule has 0 spiro atoms. The zero-order valence-electron chi connectivity index (χ0n) is 21.3. The van der Waals surface area contributed by atoms with Gasteiger partial charge in [0, 0.05) is 37.7 Å². The number of pyridine rings is 1. The fraction of sp³-hybridized carbons (Fsp3) is 0.552. The van der Waals surface area contributed by atoms with Crippen LogP contribution in [-0.2, 0) is 4.79 Å². The van der Waals surface area contributed by atoms with E-state index in [2.05, 4.69) is 24.4 Å². The van der Waals surface area contributed by atoms with Crippen LogP contribution in [0, 0.1) is 17.7 Å². The molecule has 8 heteroatoms. The van der Waals surface area contributed by atoms with Crippen molar-refractivity contribution >= 4 is 11.6 Å². The van der Waals surface area contributed by atoms with Crippen LogP contribution in [0.4, 0.5) is 4.39 Å². The molecule has 3 aromatic rings. The average Bonchev–Trinajstić information content (AvgIpc) is 3.48. The lowest BCUT2D eigenvalue weighted by Crippen LogP contribution is -2.43. The van der Waals surface area contributed by atoms with E-state index in [9.17, 15) is 14.3 Å². The number of carbonyl (C=O) groups is 1. The second-order valence-electron chi connectivity index (χ2n) is 11.3. The number of carboxylic acids is 1. The van der Waals surface area contributed by atoms with Crippen molar-refractivity contribution in [3.05, 3.63) is 65.9 Å². The molecule has 7 nitrogen and oxygen atoms in total. The molecule has 6 rings (SSSR count). The summed E-state index contributed by atoms with van der Waals surface area (Å²) in [7, 11) is 0. The second-order valence-corrected chi connectivity index (χ2v) is 11.3. The Morgan fingerprint density at radius 3 is 2.62 bits per heavy atom. The molecule has 3 fully saturated rings. The average molecular weight is 506 g/mol. The molecule has 2 aromatic heterocycles. The molecule has 2 saturated heterocycles. The van der Waals surface area contributed by atoms with Gasteiger partial charge in [-0.05, 0) is 74.0 Å². The van der Waals surface area contributed by atoms with E-state index in [1.54, 1.807) is 12.1 Å². The highest BCUT2D eigenvalue weighted by Gasteiger charge is 2.41. The van der Waals surface area contributed by atoms with Crippen molar-refractivity contribution in [3.63, 3.8) is 0 Å². The highest BCUT2D eigenvalue weighted by atomic mass is 19.1. The second kappa shape index (κ2) is 10.5. The number of carboxylic acid groups (broad SMARTS) is 1. The summed E-state index contributed by atoms with van der Waals surface area (Å²) in [6, 6.07) is 12.5. The number of aromatic nitrogens is 3. The fourth-order valence-electron chi connectivity index (χ4n) is 6.75. The summed E-state index contributed by atoms with van der Waals surface area (Å²) in [6.07, 6.45) is 8.32. The third kappa shape index (κ3) is 5.14. The first-order valence-electron chi connectivity index (χ1n) is 13.8. The molecule has 1 aliphatic carbocycles. The van der Waals surface area contributed by atoms with E-state index in [4.69, 9.17) is 0 Å². The molecule has 1 saturated carbocycles. The first kappa shape index (κ1) is 24.5. The summed E-state index contributed by atoms with van der Waals surface area (Å²) in [5.74, 6) is 1.42. The Balaban J connectivity index is 1.15. The van der Waals surface area contributed by atoms with Crippen molar-refractivity contribution in [2.75, 3.05) is 32.7 Å². The van der Waals surface area contributed by atoms with E-state index in [0.29, 0.717) is 18.4 Å². The number of fused-ring (bicyclic) bond motifs is 1. The largest absolute Gasteiger partial charge is 0.480 e. The SMILES string of the molecule is O=C(O)C(CC1CCC1)N1CC(CN2CCC(c3nnc4ccccn34)CC2)C(c2cccc(F)c2)C1. The van der Waals surface area contributed by atoms with Crippen LogP contribution in [0.3, 0.4) is 0 Å². The summed E-state index contributed by atoms with van der Waals surface area (Å²) in [5, 5.41) is 18.9. The quantitative estimate of drug-likeness (QED) is 0.489. The Labute approximate surface area is 217 Å². The maximum atomic E-state index is 14.2. The van der Waals surface area contributed by atoms with Gasteiger partial charge in [0.05, 0.1) is 0 Å². The molecule has 3 aliphatic rings. The standard InChI is InChI=1S/C29H36FN5O2/c30-24-8-4-7-22(16-24)25-19-34(26(29(36)37)15-20-5-3-6-20)18-23(25)17-33-13-10-21(11-14-33)28-32-31-27-9-1-2-12-35(27)28/h1-2,4,7-9,12,16,20-21,23,25-26H,3,5-6,10-11,13-15,17-19H2,(H,36,37). The van der Waals surface area contributed by atoms with Crippen LogP contribution in [0.5, 0.6) is 0 Å². The Morgan fingerprint density at radius 1 is 1.05 bits per heavy atom. The van der Waals surface area contributed by atoms with Crippen LogP contribution in [0.15, 0.2) is 48.7 Å². The summed E-state index contributed by atoms with van der Waals surface area (Å²) in [5.41, 5.74) is 1.88. The number of piperidine rings is 1. The zero-order valence-corrected chi connectivity index (χ0v) is 21.3. The van der Waals surface area contributed by atoms with Crippen molar-refractivity contribution in [2.24, 2.45) is 11.8 Å². The molecule has 4 heterocycles. The molecule has 0 radical (unpaired) electrons. The van der Waals surface area contributed by atoms with Gasteiger partial charge in [-0.1, -0.05) is 37.5 Å². The van der Waals surface area contributed by atoms with Gasteiger partial charge >= 0.3 is 5.97 Å². The van der Waals surface area contributed by atoms with Crippen LogP contribution in [-0.4, -0.2) is 74.2 Å². The summed E-state index contributed by atoms with van der Waals surface area (Å²) in [6.45, 7) is 4.28. The van der Waals surface area contributed by atoms with Crippen LogP contribution in [0.2, 0.25) is 0 Å². The molecule has 2 aliphatic heterocycles. The molecule has 3 unspecified atom stereocenters. The van der Waals surface area contributed by atoms with Crippen molar-refractivity contribution in [1.82, 2.24) is 24.4 Å². The van der Waals surface area contributed by atoms with E-state index in [0.717, 1.165) is 75.3 Å². The van der Waals surface area contributed by atoms with Gasteiger partial charge in [0.25, 0.3) is 0 Å². The molecule has 0 bridgehead atoms. The Kier molecular flexibility index (Phi) is 6.95. The highest BCUT2D eigenvalue weighted by molar-refractivity contribution is 5.73. The molecule has 37 heavy (non-hydrogen) atoms. The van der Waals surface area contributed by atoms with E-state index < -0.39 is 12.0 Å². The van der Waals surface area contributed by atoms with E-state index in [1.807, 2.05) is 30.5 Å². The number of likely N-dealkylation sites (tertiary alicyclic amines) is 2. The number of rotatable bonds is 8. The van der Waals surface area contributed by atoms with Crippen molar-refractivity contribution in [3.8, 4) is 0 Å². The number of aliphatic carboxylic acids is 1. The topological polar surface area (TPSA) is 74.0 Å². The summed E-state index contributed by atoms with van der Waals surface area (Å²) >= 11 is 0. The van der Waals surface area contributed by atoms with Gasteiger partial charge in [-0.2, -0.15) is 0 Å². The number of benzene rings is 1. The first-order chi connectivity index (χ1) is 18.0. The van der Waals surface area contributed by atoms with Crippen molar-refractivity contribution in [2.45, 2.75) is 56.4 Å². The van der Waals surface area contributed by atoms with Crippen molar-refractivity contribution < 1.29 is 14.3 Å². The Morgan fingerprint density at radius 2 is 1.89 bits per heavy atom.